The topological polar surface area (TPSA) is 113 Å². The van der Waals surface area contributed by atoms with E-state index >= 15 is 0 Å². The van der Waals surface area contributed by atoms with E-state index in [4.69, 9.17) is 10.3 Å². The van der Waals surface area contributed by atoms with Crippen LogP contribution in [0.5, 0.6) is 0 Å². The number of unbranched alkanes of at least 4 members (excludes halogenated alkanes) is 1. The summed E-state index contributed by atoms with van der Waals surface area (Å²) in [5.41, 5.74) is 0. The van der Waals surface area contributed by atoms with Gasteiger partial charge in [-0.1, -0.05) is 6.42 Å². The summed E-state index contributed by atoms with van der Waals surface area (Å²) in [7, 11) is 0. The van der Waals surface area contributed by atoms with Gasteiger partial charge in [-0.3, -0.25) is 10.0 Å². The van der Waals surface area contributed by atoms with E-state index in [0.29, 0.717) is 30.4 Å². The third kappa shape index (κ3) is 5.33. The highest BCUT2D eigenvalue weighted by atomic mass is 16.6. The Morgan fingerprint density at radius 3 is 2.74 bits per heavy atom. The molecule has 0 aromatic carbocycles. The van der Waals surface area contributed by atoms with Gasteiger partial charge in [0.25, 0.3) is 0 Å². The third-order valence-corrected chi connectivity index (χ3v) is 4.69. The smallest absolute Gasteiger partial charge is 0.431 e. The predicted molar refractivity (Wildman–Crippen MR) is 82.1 cm³/mol. The molecule has 0 spiro atoms. The van der Waals surface area contributed by atoms with Crippen molar-refractivity contribution in [2.24, 2.45) is 5.92 Å². The van der Waals surface area contributed by atoms with Gasteiger partial charge in [-0.25, -0.2) is 4.79 Å². The molecule has 3 atom stereocenters. The highest BCUT2D eigenvalue weighted by Crippen LogP contribution is 2.23. The molecule has 8 heteroatoms. The molecule has 2 rings (SSSR count). The van der Waals surface area contributed by atoms with E-state index in [9.17, 15) is 14.7 Å². The Morgan fingerprint density at radius 2 is 2.09 bits per heavy atom. The molecular weight excluding hydrogens is 302 g/mol. The molecule has 4 N–H and O–H groups in total. The van der Waals surface area contributed by atoms with Crippen molar-refractivity contribution in [3.05, 3.63) is 0 Å². The molecule has 2 fully saturated rings. The van der Waals surface area contributed by atoms with E-state index in [1.165, 1.54) is 0 Å². The Bertz CT molecular complexity index is 420. The summed E-state index contributed by atoms with van der Waals surface area (Å²) in [6, 6.07) is -0.262. The molecule has 0 unspecified atom stereocenters. The van der Waals surface area contributed by atoms with Gasteiger partial charge in [-0.15, -0.1) is 0 Å². The SMILES string of the molecule is O=C(O)N(O)CCCC[C@@H]1CCCN(C(=O)[C@@H]2C[C@@H](O)CN2)C1. The van der Waals surface area contributed by atoms with E-state index in [1.54, 1.807) is 0 Å². The van der Waals surface area contributed by atoms with Gasteiger partial charge in [0.2, 0.25) is 5.91 Å². The number of carboxylic acid groups (broad SMARTS) is 1. The maximum Gasteiger partial charge on any atom is 0.431 e. The number of piperidine rings is 1. The van der Waals surface area contributed by atoms with E-state index in [-0.39, 0.29) is 18.5 Å². The van der Waals surface area contributed by atoms with Crippen molar-refractivity contribution in [3.8, 4) is 0 Å². The highest BCUT2D eigenvalue weighted by molar-refractivity contribution is 5.82. The van der Waals surface area contributed by atoms with Crippen molar-refractivity contribution in [2.45, 2.75) is 50.7 Å². The Morgan fingerprint density at radius 1 is 1.30 bits per heavy atom. The lowest BCUT2D eigenvalue weighted by Crippen LogP contribution is -2.47. The molecule has 0 aliphatic carbocycles. The quantitative estimate of drug-likeness (QED) is 0.320. The van der Waals surface area contributed by atoms with E-state index in [1.807, 2.05) is 4.90 Å². The van der Waals surface area contributed by atoms with Crippen molar-refractivity contribution in [3.63, 3.8) is 0 Å². The molecule has 8 nitrogen and oxygen atoms in total. The molecule has 23 heavy (non-hydrogen) atoms. The number of hydrogen-bond acceptors (Lipinski definition) is 5. The average molecular weight is 329 g/mol. The summed E-state index contributed by atoms with van der Waals surface area (Å²) < 4.78 is 0. The van der Waals surface area contributed by atoms with Crippen molar-refractivity contribution in [1.82, 2.24) is 15.3 Å². The Kier molecular flexibility index (Phi) is 6.61. The summed E-state index contributed by atoms with van der Waals surface area (Å²) in [5, 5.41) is 30.5. The van der Waals surface area contributed by atoms with Crippen molar-refractivity contribution in [1.29, 1.82) is 0 Å². The fraction of sp³-hybridized carbons (Fsp3) is 0.867. The molecule has 0 radical (unpaired) electrons. The lowest BCUT2D eigenvalue weighted by molar-refractivity contribution is -0.135. The number of amides is 2. The van der Waals surface area contributed by atoms with Crippen LogP contribution < -0.4 is 5.32 Å². The fourth-order valence-electron chi connectivity index (χ4n) is 3.42. The Balaban J connectivity index is 1.69. The van der Waals surface area contributed by atoms with E-state index in [2.05, 4.69) is 5.32 Å². The molecule has 0 saturated carbocycles. The summed E-state index contributed by atoms with van der Waals surface area (Å²) >= 11 is 0. The van der Waals surface area contributed by atoms with Crippen LogP contribution >= 0.6 is 0 Å². The van der Waals surface area contributed by atoms with Gasteiger partial charge in [0, 0.05) is 19.6 Å². The summed E-state index contributed by atoms with van der Waals surface area (Å²) in [6.45, 7) is 2.10. The summed E-state index contributed by atoms with van der Waals surface area (Å²) in [4.78, 5) is 24.8. The molecule has 2 aliphatic heterocycles. The monoisotopic (exact) mass is 329 g/mol. The molecule has 0 aromatic rings. The van der Waals surface area contributed by atoms with E-state index in [0.717, 1.165) is 38.8 Å². The number of carbonyl (C=O) groups excluding carboxylic acids is 1. The highest BCUT2D eigenvalue weighted by Gasteiger charge is 2.33. The van der Waals surface area contributed by atoms with Gasteiger partial charge in [0.05, 0.1) is 18.7 Å². The zero-order valence-corrected chi connectivity index (χ0v) is 13.4. The first kappa shape index (κ1) is 18.0. The van der Waals surface area contributed by atoms with Gasteiger partial charge in [-0.05, 0) is 38.0 Å². The first-order chi connectivity index (χ1) is 11.0. The van der Waals surface area contributed by atoms with Crippen molar-refractivity contribution < 1.29 is 25.0 Å². The first-order valence-corrected chi connectivity index (χ1v) is 8.37. The van der Waals surface area contributed by atoms with Crippen molar-refractivity contribution in [2.75, 3.05) is 26.2 Å². The van der Waals surface area contributed by atoms with Gasteiger partial charge in [0.15, 0.2) is 0 Å². The number of carbonyl (C=O) groups is 2. The van der Waals surface area contributed by atoms with Crippen LogP contribution in [0.4, 0.5) is 4.79 Å². The Hall–Kier alpha value is -1.38. The number of nitrogens with one attached hydrogen (secondary N) is 1. The number of aliphatic hydroxyl groups excluding tert-OH is 1. The van der Waals surface area contributed by atoms with Crippen LogP contribution in [0.15, 0.2) is 0 Å². The van der Waals surface area contributed by atoms with Crippen LogP contribution in [0.1, 0.15) is 38.5 Å². The standard InChI is InChI=1S/C15H27N3O5/c19-12-8-13(16-9-12)14(20)17-6-3-5-11(10-17)4-1-2-7-18(23)15(21)22/h11-13,16,19,23H,1-10H2,(H,21,22)/t11-,12-,13+/m1/s1. The Labute approximate surface area is 136 Å². The number of β-amino-alcohol motifs (C(OH)–C–C–N with tert-alkyl or cyclic N) is 1. The number of hydrogen-bond donors (Lipinski definition) is 4. The minimum Gasteiger partial charge on any atom is -0.463 e. The van der Waals surface area contributed by atoms with Crippen LogP contribution in [-0.2, 0) is 4.79 Å². The van der Waals surface area contributed by atoms with Gasteiger partial charge < -0.3 is 20.4 Å². The van der Waals surface area contributed by atoms with E-state index < -0.39 is 12.2 Å². The molecule has 2 amide bonds. The number of nitrogens with zero attached hydrogens (tertiary/aromatic N) is 2. The number of rotatable bonds is 6. The lowest BCUT2D eigenvalue weighted by Gasteiger charge is -2.34. The zero-order chi connectivity index (χ0) is 16.8. The molecule has 0 aromatic heterocycles. The van der Waals surface area contributed by atoms with Crippen LogP contribution in [0.3, 0.4) is 0 Å². The summed E-state index contributed by atoms with van der Waals surface area (Å²) in [5.74, 6) is 0.509. The molecule has 0 bridgehead atoms. The van der Waals surface area contributed by atoms with Crippen LogP contribution in [0.25, 0.3) is 0 Å². The fourth-order valence-corrected chi connectivity index (χ4v) is 3.42. The van der Waals surface area contributed by atoms with Crippen molar-refractivity contribution >= 4 is 12.0 Å². The maximum atomic E-state index is 12.4. The lowest BCUT2D eigenvalue weighted by atomic mass is 9.92. The maximum absolute atomic E-state index is 12.4. The third-order valence-electron chi connectivity index (χ3n) is 4.69. The van der Waals surface area contributed by atoms with Crippen LogP contribution in [0.2, 0.25) is 0 Å². The average Bonchev–Trinajstić information content (AvgIpc) is 2.97. The largest absolute Gasteiger partial charge is 0.463 e. The molecule has 2 heterocycles. The second kappa shape index (κ2) is 8.47. The minimum atomic E-state index is -1.33. The van der Waals surface area contributed by atoms with Gasteiger partial charge >= 0.3 is 6.09 Å². The second-order valence-electron chi connectivity index (χ2n) is 6.54. The van der Waals surface area contributed by atoms with Crippen LogP contribution in [0, 0.1) is 5.92 Å². The number of hydroxylamine groups is 2. The number of likely N-dealkylation sites (tertiary alicyclic amines) is 1. The van der Waals surface area contributed by atoms with Gasteiger partial charge in [-0.2, -0.15) is 5.06 Å². The first-order valence-electron chi connectivity index (χ1n) is 8.37. The predicted octanol–water partition coefficient (Wildman–Crippen LogP) is 0.487. The zero-order valence-electron chi connectivity index (χ0n) is 13.4. The van der Waals surface area contributed by atoms with Crippen LogP contribution in [-0.4, -0.2) is 75.7 Å². The normalized spacial score (nSPS) is 27.9. The molecule has 2 aliphatic rings. The number of aliphatic hydroxyl groups is 1. The van der Waals surface area contributed by atoms with Gasteiger partial charge in [0.1, 0.15) is 0 Å². The molecule has 132 valence electrons. The molecular formula is C15H27N3O5. The minimum absolute atomic E-state index is 0.0821. The summed E-state index contributed by atoms with van der Waals surface area (Å²) in [6.07, 6.45) is 3.16. The second-order valence-corrected chi connectivity index (χ2v) is 6.54. The molecule has 2 saturated heterocycles.